The zero-order valence-corrected chi connectivity index (χ0v) is 12.4. The van der Waals surface area contributed by atoms with Gasteiger partial charge in [-0.2, -0.15) is 0 Å². The van der Waals surface area contributed by atoms with Crippen LogP contribution in [0.25, 0.3) is 0 Å². The first kappa shape index (κ1) is 14.6. The van der Waals surface area contributed by atoms with E-state index in [1.54, 1.807) is 4.90 Å². The van der Waals surface area contributed by atoms with Gasteiger partial charge in [0, 0.05) is 25.2 Å². The highest BCUT2D eigenvalue weighted by Gasteiger charge is 2.34. The van der Waals surface area contributed by atoms with Crippen LogP contribution < -0.4 is 10.2 Å². The summed E-state index contributed by atoms with van der Waals surface area (Å²) in [5.74, 6) is -0.202. The molecule has 2 amide bonds. The van der Waals surface area contributed by atoms with E-state index in [2.05, 4.69) is 5.32 Å². The Kier molecular flexibility index (Phi) is 4.42. The topological polar surface area (TPSA) is 49.4 Å². The van der Waals surface area contributed by atoms with Crippen LogP contribution in [0.5, 0.6) is 0 Å². The van der Waals surface area contributed by atoms with Gasteiger partial charge in [-0.05, 0) is 43.5 Å². The summed E-state index contributed by atoms with van der Waals surface area (Å²) in [4.78, 5) is 25.8. The van der Waals surface area contributed by atoms with E-state index in [1.807, 2.05) is 39.0 Å². The SMILES string of the molecule is CCCNC(=O)[C@@H]1CC(=O)N(c2ccc(C)c(C)c2)C1. The maximum atomic E-state index is 12.1. The van der Waals surface area contributed by atoms with Gasteiger partial charge in [-0.15, -0.1) is 0 Å². The van der Waals surface area contributed by atoms with Crippen LogP contribution >= 0.6 is 0 Å². The van der Waals surface area contributed by atoms with Gasteiger partial charge in [0.1, 0.15) is 0 Å². The van der Waals surface area contributed by atoms with Gasteiger partial charge in [0.25, 0.3) is 0 Å². The van der Waals surface area contributed by atoms with Crippen molar-refractivity contribution in [1.29, 1.82) is 0 Å². The number of hydrogen-bond acceptors (Lipinski definition) is 2. The number of carbonyl (C=O) groups is 2. The second kappa shape index (κ2) is 6.07. The number of carbonyl (C=O) groups excluding carboxylic acids is 2. The van der Waals surface area contributed by atoms with Gasteiger partial charge in [0.05, 0.1) is 5.92 Å². The molecule has 4 heteroatoms. The average Bonchev–Trinajstić information content (AvgIpc) is 2.81. The van der Waals surface area contributed by atoms with E-state index < -0.39 is 0 Å². The second-order valence-electron chi connectivity index (χ2n) is 5.46. The lowest BCUT2D eigenvalue weighted by Crippen LogP contribution is -2.33. The summed E-state index contributed by atoms with van der Waals surface area (Å²) in [6, 6.07) is 5.98. The molecule has 1 atom stereocenters. The van der Waals surface area contributed by atoms with E-state index in [-0.39, 0.29) is 17.7 Å². The molecule has 2 rings (SSSR count). The molecular formula is C16H22N2O2. The van der Waals surface area contributed by atoms with Crippen molar-refractivity contribution in [2.75, 3.05) is 18.0 Å². The van der Waals surface area contributed by atoms with E-state index in [0.717, 1.165) is 17.7 Å². The molecule has 0 unspecified atom stereocenters. The Balaban J connectivity index is 2.09. The third-order valence-electron chi connectivity index (χ3n) is 3.85. The van der Waals surface area contributed by atoms with Crippen LogP contribution in [-0.4, -0.2) is 24.9 Å². The molecule has 1 aromatic carbocycles. The molecule has 1 N–H and O–H groups in total. The van der Waals surface area contributed by atoms with Crippen LogP contribution in [0.3, 0.4) is 0 Å². The fraction of sp³-hybridized carbons (Fsp3) is 0.500. The number of amides is 2. The molecule has 0 aliphatic carbocycles. The van der Waals surface area contributed by atoms with E-state index in [9.17, 15) is 9.59 Å². The number of nitrogens with zero attached hydrogens (tertiary/aromatic N) is 1. The number of nitrogens with one attached hydrogen (secondary N) is 1. The maximum Gasteiger partial charge on any atom is 0.227 e. The Labute approximate surface area is 120 Å². The van der Waals surface area contributed by atoms with Crippen molar-refractivity contribution in [3.63, 3.8) is 0 Å². The minimum absolute atomic E-state index is 0.00784. The summed E-state index contributed by atoms with van der Waals surface area (Å²) in [6.07, 6.45) is 1.22. The number of hydrogen-bond donors (Lipinski definition) is 1. The van der Waals surface area contributed by atoms with Crippen LogP contribution in [0, 0.1) is 19.8 Å². The molecule has 1 aliphatic heterocycles. The molecule has 0 aromatic heterocycles. The lowest BCUT2D eigenvalue weighted by atomic mass is 10.1. The molecule has 1 fully saturated rings. The zero-order valence-electron chi connectivity index (χ0n) is 12.4. The first-order chi connectivity index (χ1) is 9.52. The van der Waals surface area contributed by atoms with E-state index in [0.29, 0.717) is 19.5 Å². The summed E-state index contributed by atoms with van der Waals surface area (Å²) < 4.78 is 0. The summed E-state index contributed by atoms with van der Waals surface area (Å²) in [5, 5.41) is 2.87. The quantitative estimate of drug-likeness (QED) is 0.915. The average molecular weight is 274 g/mol. The van der Waals surface area contributed by atoms with Gasteiger partial charge in [0.15, 0.2) is 0 Å². The highest BCUT2D eigenvalue weighted by molar-refractivity contribution is 6.00. The van der Waals surface area contributed by atoms with E-state index in [1.165, 1.54) is 5.56 Å². The van der Waals surface area contributed by atoms with E-state index in [4.69, 9.17) is 0 Å². The zero-order chi connectivity index (χ0) is 14.7. The van der Waals surface area contributed by atoms with Crippen LogP contribution in [0.1, 0.15) is 30.9 Å². The van der Waals surface area contributed by atoms with Crippen LogP contribution in [0.4, 0.5) is 5.69 Å². The number of benzene rings is 1. The van der Waals surface area contributed by atoms with Crippen molar-refractivity contribution < 1.29 is 9.59 Å². The van der Waals surface area contributed by atoms with Crippen LogP contribution in [-0.2, 0) is 9.59 Å². The van der Waals surface area contributed by atoms with Gasteiger partial charge in [0.2, 0.25) is 11.8 Å². The first-order valence-corrected chi connectivity index (χ1v) is 7.18. The molecule has 1 saturated heterocycles. The Morgan fingerprint density at radius 2 is 2.10 bits per heavy atom. The lowest BCUT2D eigenvalue weighted by Gasteiger charge is -2.18. The minimum Gasteiger partial charge on any atom is -0.356 e. The molecule has 1 aliphatic rings. The fourth-order valence-corrected chi connectivity index (χ4v) is 2.42. The van der Waals surface area contributed by atoms with Crippen molar-refractivity contribution in [3.05, 3.63) is 29.3 Å². The highest BCUT2D eigenvalue weighted by Crippen LogP contribution is 2.26. The molecule has 0 saturated carbocycles. The molecule has 0 spiro atoms. The molecule has 0 radical (unpaired) electrons. The molecule has 20 heavy (non-hydrogen) atoms. The predicted octanol–water partition coefficient (Wildman–Crippen LogP) is 2.18. The Bertz CT molecular complexity index is 525. The van der Waals surface area contributed by atoms with Crippen molar-refractivity contribution in [1.82, 2.24) is 5.32 Å². The third kappa shape index (κ3) is 3.00. The van der Waals surface area contributed by atoms with Gasteiger partial charge >= 0.3 is 0 Å². The lowest BCUT2D eigenvalue weighted by molar-refractivity contribution is -0.126. The fourth-order valence-electron chi connectivity index (χ4n) is 2.42. The minimum atomic E-state index is -0.226. The van der Waals surface area contributed by atoms with Crippen LogP contribution in [0.2, 0.25) is 0 Å². The van der Waals surface area contributed by atoms with Crippen LogP contribution in [0.15, 0.2) is 18.2 Å². The van der Waals surface area contributed by atoms with Gasteiger partial charge in [-0.1, -0.05) is 13.0 Å². The Hall–Kier alpha value is -1.84. The smallest absolute Gasteiger partial charge is 0.227 e. The number of aryl methyl sites for hydroxylation is 2. The number of rotatable bonds is 4. The monoisotopic (exact) mass is 274 g/mol. The molecular weight excluding hydrogens is 252 g/mol. The van der Waals surface area contributed by atoms with Crippen molar-refractivity contribution in [2.24, 2.45) is 5.92 Å². The molecule has 4 nitrogen and oxygen atoms in total. The summed E-state index contributed by atoms with van der Waals surface area (Å²) in [6.45, 7) is 7.25. The van der Waals surface area contributed by atoms with Crippen molar-refractivity contribution in [2.45, 2.75) is 33.6 Å². The molecule has 108 valence electrons. The summed E-state index contributed by atoms with van der Waals surface area (Å²) in [5.41, 5.74) is 3.26. The van der Waals surface area contributed by atoms with Gasteiger partial charge in [-0.3, -0.25) is 9.59 Å². The normalized spacial score (nSPS) is 18.4. The highest BCUT2D eigenvalue weighted by atomic mass is 16.2. The second-order valence-corrected chi connectivity index (χ2v) is 5.46. The summed E-state index contributed by atoms with van der Waals surface area (Å²) >= 11 is 0. The molecule has 0 bridgehead atoms. The Morgan fingerprint density at radius 1 is 1.35 bits per heavy atom. The first-order valence-electron chi connectivity index (χ1n) is 7.18. The largest absolute Gasteiger partial charge is 0.356 e. The molecule has 1 heterocycles. The predicted molar refractivity (Wildman–Crippen MR) is 79.7 cm³/mol. The molecule has 1 aromatic rings. The van der Waals surface area contributed by atoms with E-state index >= 15 is 0 Å². The standard InChI is InChI=1S/C16H22N2O2/c1-4-7-17-16(20)13-9-15(19)18(10-13)14-6-5-11(2)12(3)8-14/h5-6,8,13H,4,7,9-10H2,1-3H3,(H,17,20)/t13-/m1/s1. The summed E-state index contributed by atoms with van der Waals surface area (Å²) in [7, 11) is 0. The third-order valence-corrected chi connectivity index (χ3v) is 3.85. The Morgan fingerprint density at radius 3 is 2.75 bits per heavy atom. The van der Waals surface area contributed by atoms with Crippen molar-refractivity contribution >= 4 is 17.5 Å². The maximum absolute atomic E-state index is 12.1. The van der Waals surface area contributed by atoms with Gasteiger partial charge in [-0.25, -0.2) is 0 Å². The van der Waals surface area contributed by atoms with Gasteiger partial charge < -0.3 is 10.2 Å². The number of anilines is 1. The van der Waals surface area contributed by atoms with Crippen molar-refractivity contribution in [3.8, 4) is 0 Å².